The van der Waals surface area contributed by atoms with Crippen molar-refractivity contribution < 1.29 is 0 Å². The molecule has 84 valence electrons. The van der Waals surface area contributed by atoms with Crippen LogP contribution in [0.2, 0.25) is 0 Å². The van der Waals surface area contributed by atoms with Gasteiger partial charge in [0.15, 0.2) is 0 Å². The van der Waals surface area contributed by atoms with Gasteiger partial charge in [-0.1, -0.05) is 0 Å². The fourth-order valence-electron chi connectivity index (χ4n) is 1.92. The molecule has 0 saturated carbocycles. The molecule has 2 rings (SSSR count). The Bertz CT molecular complexity index is 292. The second-order valence-corrected chi connectivity index (χ2v) is 5.20. The normalized spacial score (nSPS) is 17.9. The third-order valence-corrected chi connectivity index (χ3v) is 3.99. The largest absolute Gasteiger partial charge is 0.355 e. The van der Waals surface area contributed by atoms with Crippen LogP contribution >= 0.6 is 11.8 Å². The number of rotatable bonds is 4. The number of nitrogens with one attached hydrogen (secondary N) is 1. The van der Waals surface area contributed by atoms with Gasteiger partial charge in [0.1, 0.15) is 0 Å². The van der Waals surface area contributed by atoms with Gasteiger partial charge in [-0.15, -0.1) is 0 Å². The summed E-state index contributed by atoms with van der Waals surface area (Å²) in [5.41, 5.74) is 0. The summed E-state index contributed by atoms with van der Waals surface area (Å²) in [6.07, 6.45) is 6.59. The molecule has 1 fully saturated rings. The van der Waals surface area contributed by atoms with E-state index in [1.807, 2.05) is 12.4 Å². The molecule has 4 heteroatoms. The second-order valence-electron chi connectivity index (χ2n) is 3.97. The van der Waals surface area contributed by atoms with Crippen LogP contribution in [-0.2, 0) is 6.54 Å². The predicted octanol–water partition coefficient (Wildman–Crippen LogP) is 2.46. The molecular formula is C11H19N3S. The molecule has 0 atom stereocenters. The third-order valence-electron chi connectivity index (χ3n) is 2.95. The van der Waals surface area contributed by atoms with Crippen molar-refractivity contribution in [2.45, 2.75) is 26.3 Å². The summed E-state index contributed by atoms with van der Waals surface area (Å²) in [4.78, 5) is 4.32. The van der Waals surface area contributed by atoms with Crippen LogP contribution in [0.15, 0.2) is 12.4 Å². The van der Waals surface area contributed by atoms with E-state index in [1.165, 1.54) is 24.3 Å². The molecule has 0 unspecified atom stereocenters. The van der Waals surface area contributed by atoms with Crippen molar-refractivity contribution in [1.82, 2.24) is 9.55 Å². The molecule has 0 amide bonds. The lowest BCUT2D eigenvalue weighted by molar-refractivity contribution is 0.513. The number of thioether (sulfide) groups is 1. The van der Waals surface area contributed by atoms with Gasteiger partial charge in [-0.3, -0.25) is 0 Å². The van der Waals surface area contributed by atoms with Gasteiger partial charge in [-0.2, -0.15) is 11.8 Å². The van der Waals surface area contributed by atoms with Gasteiger partial charge in [-0.25, -0.2) is 4.98 Å². The van der Waals surface area contributed by atoms with E-state index in [0.717, 1.165) is 25.0 Å². The van der Waals surface area contributed by atoms with Crippen LogP contribution in [0.25, 0.3) is 0 Å². The fourth-order valence-corrected chi connectivity index (χ4v) is 3.12. The summed E-state index contributed by atoms with van der Waals surface area (Å²) < 4.78 is 2.15. The first-order valence-electron chi connectivity index (χ1n) is 5.73. The van der Waals surface area contributed by atoms with E-state index < -0.39 is 0 Å². The lowest BCUT2D eigenvalue weighted by atomic mass is 10.0. The third kappa shape index (κ3) is 2.91. The maximum atomic E-state index is 4.32. The Morgan fingerprint density at radius 2 is 2.33 bits per heavy atom. The molecule has 1 saturated heterocycles. The monoisotopic (exact) mass is 225 g/mol. The minimum absolute atomic E-state index is 0.841. The quantitative estimate of drug-likeness (QED) is 0.853. The Balaban J connectivity index is 1.81. The molecule has 0 aliphatic carbocycles. The maximum absolute atomic E-state index is 4.32. The first-order chi connectivity index (χ1) is 7.40. The summed E-state index contributed by atoms with van der Waals surface area (Å²) in [6, 6.07) is 0. The average Bonchev–Trinajstić information content (AvgIpc) is 2.75. The molecular weight excluding hydrogens is 206 g/mol. The Hall–Kier alpha value is -0.640. The van der Waals surface area contributed by atoms with Crippen molar-refractivity contribution in [3.63, 3.8) is 0 Å². The predicted molar refractivity (Wildman–Crippen MR) is 66.4 cm³/mol. The highest BCUT2D eigenvalue weighted by atomic mass is 32.2. The number of aryl methyl sites for hydroxylation is 1. The molecule has 1 aromatic rings. The topological polar surface area (TPSA) is 29.9 Å². The van der Waals surface area contributed by atoms with Crippen LogP contribution in [0.4, 0.5) is 5.95 Å². The van der Waals surface area contributed by atoms with Crippen molar-refractivity contribution >= 4 is 17.7 Å². The summed E-state index contributed by atoms with van der Waals surface area (Å²) in [6.45, 7) is 4.21. The lowest BCUT2D eigenvalue weighted by Gasteiger charge is -2.21. The number of anilines is 1. The van der Waals surface area contributed by atoms with E-state index in [0.29, 0.717) is 0 Å². The van der Waals surface area contributed by atoms with E-state index in [1.54, 1.807) is 0 Å². The molecule has 0 aromatic carbocycles. The molecule has 1 aliphatic rings. The Kier molecular flexibility index (Phi) is 3.94. The standard InChI is InChI=1S/C11H19N3S/c1-2-14-6-5-12-11(14)13-9-10-3-7-15-8-4-10/h5-6,10H,2-4,7-9H2,1H3,(H,12,13). The zero-order chi connectivity index (χ0) is 10.5. The van der Waals surface area contributed by atoms with Gasteiger partial charge in [0.05, 0.1) is 0 Å². The minimum atomic E-state index is 0.841. The lowest BCUT2D eigenvalue weighted by Crippen LogP contribution is -2.20. The highest BCUT2D eigenvalue weighted by molar-refractivity contribution is 7.99. The molecule has 15 heavy (non-hydrogen) atoms. The van der Waals surface area contributed by atoms with E-state index in [4.69, 9.17) is 0 Å². The van der Waals surface area contributed by atoms with Crippen LogP contribution in [0.1, 0.15) is 19.8 Å². The Morgan fingerprint density at radius 1 is 1.53 bits per heavy atom. The average molecular weight is 225 g/mol. The highest BCUT2D eigenvalue weighted by Gasteiger charge is 2.13. The zero-order valence-corrected chi connectivity index (χ0v) is 10.1. The number of hydrogen-bond donors (Lipinski definition) is 1. The molecule has 3 nitrogen and oxygen atoms in total. The van der Waals surface area contributed by atoms with E-state index in [9.17, 15) is 0 Å². The number of hydrogen-bond acceptors (Lipinski definition) is 3. The van der Waals surface area contributed by atoms with Crippen molar-refractivity contribution in [1.29, 1.82) is 0 Å². The molecule has 0 bridgehead atoms. The number of nitrogens with zero attached hydrogens (tertiary/aromatic N) is 2. The molecule has 1 aromatic heterocycles. The maximum Gasteiger partial charge on any atom is 0.202 e. The van der Waals surface area contributed by atoms with E-state index >= 15 is 0 Å². The van der Waals surface area contributed by atoms with E-state index in [2.05, 4.69) is 33.6 Å². The van der Waals surface area contributed by atoms with Crippen molar-refractivity contribution in [3.05, 3.63) is 12.4 Å². The minimum Gasteiger partial charge on any atom is -0.355 e. The summed E-state index contributed by atoms with van der Waals surface area (Å²) in [5.74, 6) is 4.52. The molecule has 0 spiro atoms. The van der Waals surface area contributed by atoms with Gasteiger partial charge in [0.25, 0.3) is 0 Å². The smallest absolute Gasteiger partial charge is 0.202 e. The first kappa shape index (κ1) is 10.9. The van der Waals surface area contributed by atoms with Crippen molar-refractivity contribution in [3.8, 4) is 0 Å². The zero-order valence-electron chi connectivity index (χ0n) is 9.28. The van der Waals surface area contributed by atoms with Crippen LogP contribution < -0.4 is 5.32 Å². The summed E-state index contributed by atoms with van der Waals surface area (Å²) >= 11 is 2.08. The fraction of sp³-hybridized carbons (Fsp3) is 0.727. The van der Waals surface area contributed by atoms with Crippen LogP contribution in [-0.4, -0.2) is 27.6 Å². The van der Waals surface area contributed by atoms with Gasteiger partial charge in [-0.05, 0) is 37.2 Å². The van der Waals surface area contributed by atoms with Gasteiger partial charge < -0.3 is 9.88 Å². The molecule has 1 aliphatic heterocycles. The van der Waals surface area contributed by atoms with Gasteiger partial charge in [0.2, 0.25) is 5.95 Å². The van der Waals surface area contributed by atoms with Crippen molar-refractivity contribution in [2.75, 3.05) is 23.4 Å². The van der Waals surface area contributed by atoms with Crippen molar-refractivity contribution in [2.24, 2.45) is 5.92 Å². The summed E-state index contributed by atoms with van der Waals surface area (Å²) in [7, 11) is 0. The molecule has 0 radical (unpaired) electrons. The molecule has 2 heterocycles. The SMILES string of the molecule is CCn1ccnc1NCC1CCSCC1. The van der Waals surface area contributed by atoms with Crippen LogP contribution in [0.5, 0.6) is 0 Å². The summed E-state index contributed by atoms with van der Waals surface area (Å²) in [5, 5.41) is 3.46. The number of imidazole rings is 1. The highest BCUT2D eigenvalue weighted by Crippen LogP contribution is 2.22. The second kappa shape index (κ2) is 5.45. The van der Waals surface area contributed by atoms with E-state index in [-0.39, 0.29) is 0 Å². The van der Waals surface area contributed by atoms with Crippen LogP contribution in [0, 0.1) is 5.92 Å². The Labute approximate surface area is 95.7 Å². The number of aromatic nitrogens is 2. The first-order valence-corrected chi connectivity index (χ1v) is 6.88. The molecule has 1 N–H and O–H groups in total. The Morgan fingerprint density at radius 3 is 3.07 bits per heavy atom. The van der Waals surface area contributed by atoms with Crippen LogP contribution in [0.3, 0.4) is 0 Å². The van der Waals surface area contributed by atoms with Gasteiger partial charge in [0, 0.05) is 25.5 Å². The van der Waals surface area contributed by atoms with Gasteiger partial charge >= 0.3 is 0 Å².